The van der Waals surface area contributed by atoms with Crippen molar-refractivity contribution in [2.45, 2.75) is 12.6 Å². The maximum atomic E-state index is 15.2. The van der Waals surface area contributed by atoms with Crippen molar-refractivity contribution < 1.29 is 19.7 Å². The Morgan fingerprint density at radius 1 is 1.23 bits per heavy atom. The molecule has 0 saturated carbocycles. The van der Waals surface area contributed by atoms with Gasteiger partial charge in [-0.1, -0.05) is 0 Å². The molecule has 1 aromatic heterocycles. The quantitative estimate of drug-likeness (QED) is 0.369. The molecule has 0 bridgehead atoms. The van der Waals surface area contributed by atoms with Gasteiger partial charge in [-0.3, -0.25) is 0 Å². The first-order valence-electron chi connectivity index (χ1n) is 11.1. The number of rotatable bonds is 5. The number of fused-ring (bicyclic) bond motifs is 1. The summed E-state index contributed by atoms with van der Waals surface area (Å²) in [7, 11) is 2.01. The van der Waals surface area contributed by atoms with Crippen molar-refractivity contribution in [3.8, 4) is 11.3 Å². The van der Waals surface area contributed by atoms with Crippen LogP contribution in [0.3, 0.4) is 0 Å². The maximum absolute atomic E-state index is 15.2. The van der Waals surface area contributed by atoms with E-state index in [2.05, 4.69) is 28.5 Å². The van der Waals surface area contributed by atoms with Gasteiger partial charge in [0.15, 0.2) is 0 Å². The third kappa shape index (κ3) is 4.57. The van der Waals surface area contributed by atoms with Gasteiger partial charge < -0.3 is 0 Å². The van der Waals surface area contributed by atoms with Crippen LogP contribution in [0.4, 0.5) is 4.39 Å². The van der Waals surface area contributed by atoms with Crippen molar-refractivity contribution in [1.29, 1.82) is 0 Å². The van der Waals surface area contributed by atoms with E-state index in [0.29, 0.717) is 34.4 Å². The van der Waals surface area contributed by atoms with E-state index in [4.69, 9.17) is 43.6 Å². The first-order chi connectivity index (χ1) is 16.9. The Bertz CT molecular complexity index is 1380. The van der Waals surface area contributed by atoms with Crippen molar-refractivity contribution in [2.75, 3.05) is 20.1 Å². The summed E-state index contributed by atoms with van der Waals surface area (Å²) in [5, 5.41) is 5.88. The van der Waals surface area contributed by atoms with Crippen LogP contribution in [0, 0.1) is 11.9 Å². The second-order valence-corrected chi connectivity index (χ2v) is 9.84. The molecule has 3 heterocycles. The SMILES string of the molecule is C=C[C](=[Co])N1CCn2nc(-c3ccc(Cl)cc3F)c(C3=CCN(C)C=C3)c2C1c1[c-]cc(Cl)cc1. The van der Waals surface area contributed by atoms with Gasteiger partial charge in [0.1, 0.15) is 0 Å². The number of halogens is 3. The molecule has 1 unspecified atom stereocenters. The van der Waals surface area contributed by atoms with Gasteiger partial charge in [-0.05, 0) is 0 Å². The molecule has 0 amide bonds. The molecular weight excluding hydrogens is 529 g/mol. The summed E-state index contributed by atoms with van der Waals surface area (Å²) < 4.78 is 17.9. The van der Waals surface area contributed by atoms with Crippen LogP contribution < -0.4 is 0 Å². The van der Waals surface area contributed by atoms with E-state index in [1.54, 1.807) is 24.3 Å². The Morgan fingerprint density at radius 3 is 2.69 bits per heavy atom. The zero-order valence-electron chi connectivity index (χ0n) is 18.9. The molecular formula is C27H22Cl2CoFN4-. The van der Waals surface area contributed by atoms with Crippen molar-refractivity contribution in [1.82, 2.24) is 19.6 Å². The summed E-state index contributed by atoms with van der Waals surface area (Å²) in [6, 6.07) is 13.3. The van der Waals surface area contributed by atoms with E-state index in [1.807, 2.05) is 36.1 Å². The fraction of sp³-hybridized carbons (Fsp3) is 0.185. The molecule has 35 heavy (non-hydrogen) atoms. The predicted molar refractivity (Wildman–Crippen MR) is 136 cm³/mol. The van der Waals surface area contributed by atoms with Crippen molar-refractivity contribution in [3.05, 3.63) is 106 Å². The number of hydrogen-bond donors (Lipinski definition) is 0. The average Bonchev–Trinajstić information content (AvgIpc) is 3.23. The van der Waals surface area contributed by atoms with E-state index in [-0.39, 0.29) is 6.04 Å². The monoisotopic (exact) mass is 550 g/mol. The number of nitrogens with zero attached hydrogens (tertiary/aromatic N) is 4. The number of allylic oxidation sites excluding steroid dienone is 2. The molecule has 2 aliphatic heterocycles. The number of aromatic nitrogens is 2. The molecule has 8 heteroatoms. The van der Waals surface area contributed by atoms with Gasteiger partial charge in [0.25, 0.3) is 0 Å². The summed E-state index contributed by atoms with van der Waals surface area (Å²) in [6.07, 6.45) is 7.92. The molecule has 0 fully saturated rings. The van der Waals surface area contributed by atoms with Gasteiger partial charge in [0.2, 0.25) is 0 Å². The Hall–Kier alpha value is -2.48. The molecule has 4 nitrogen and oxygen atoms in total. The molecule has 1 atom stereocenters. The number of hydrogen-bond acceptors (Lipinski definition) is 3. The molecule has 3 aromatic rings. The van der Waals surface area contributed by atoms with Gasteiger partial charge >= 0.3 is 223 Å². The third-order valence-electron chi connectivity index (χ3n) is 6.21. The zero-order chi connectivity index (χ0) is 24.7. The molecule has 2 aromatic carbocycles. The number of benzene rings is 2. The summed E-state index contributed by atoms with van der Waals surface area (Å²) in [5.74, 6) is -0.412. The van der Waals surface area contributed by atoms with Crippen molar-refractivity contribution in [2.24, 2.45) is 0 Å². The van der Waals surface area contributed by atoms with E-state index in [0.717, 1.165) is 33.5 Å². The van der Waals surface area contributed by atoms with E-state index >= 15 is 4.39 Å². The second-order valence-electron chi connectivity index (χ2n) is 8.43. The molecule has 2 aliphatic rings. The zero-order valence-corrected chi connectivity index (χ0v) is 21.5. The van der Waals surface area contributed by atoms with Crippen LogP contribution in [0.1, 0.15) is 22.9 Å². The van der Waals surface area contributed by atoms with E-state index in [1.165, 1.54) is 6.07 Å². The van der Waals surface area contributed by atoms with Crippen LogP contribution in [-0.2, 0) is 21.8 Å². The molecule has 0 radical (unpaired) electrons. The van der Waals surface area contributed by atoms with Crippen LogP contribution in [0.5, 0.6) is 0 Å². The summed E-state index contributed by atoms with van der Waals surface area (Å²) in [5.41, 5.74) is 4.68. The summed E-state index contributed by atoms with van der Waals surface area (Å²) in [6.45, 7) is 5.92. The Kier molecular flexibility index (Phi) is 6.83. The molecule has 0 N–H and O–H groups in total. The minimum absolute atomic E-state index is 0.273. The normalized spacial score (nSPS) is 17.8. The Morgan fingerprint density at radius 2 is 2.03 bits per heavy atom. The number of likely N-dealkylation sites (N-methyl/N-ethyl adjacent to an activating group) is 1. The van der Waals surface area contributed by atoms with Gasteiger partial charge in [-0.15, -0.1) is 0 Å². The van der Waals surface area contributed by atoms with Crippen LogP contribution in [0.2, 0.25) is 10.0 Å². The minimum atomic E-state index is -0.412. The second kappa shape index (κ2) is 9.88. The fourth-order valence-corrected chi connectivity index (χ4v) is 5.09. The Labute approximate surface area is 222 Å². The van der Waals surface area contributed by atoms with Gasteiger partial charge in [0.05, 0.1) is 0 Å². The molecule has 0 aliphatic carbocycles. The summed E-state index contributed by atoms with van der Waals surface area (Å²) >= 11 is 17.0. The molecule has 5 rings (SSSR count). The predicted octanol–water partition coefficient (Wildman–Crippen LogP) is 5.91. The van der Waals surface area contributed by atoms with E-state index < -0.39 is 5.82 Å². The van der Waals surface area contributed by atoms with Gasteiger partial charge in [-0.2, -0.15) is 0 Å². The van der Waals surface area contributed by atoms with E-state index in [9.17, 15) is 0 Å². The van der Waals surface area contributed by atoms with Crippen molar-refractivity contribution >= 4 is 33.4 Å². The van der Waals surface area contributed by atoms with Gasteiger partial charge in [0, 0.05) is 0 Å². The molecule has 0 spiro atoms. The fourth-order valence-electron chi connectivity index (χ4n) is 4.56. The van der Waals surface area contributed by atoms with Crippen LogP contribution in [-0.4, -0.2) is 44.3 Å². The standard InChI is InChI=1S/C27H22Cl2FN4.Co/c1-3-12-33-15-16-34-27(26(33)19-4-6-20(28)7-5-19)24(18-10-13-32(2)14-11-18)25(31-34)22-9-8-21(29)17-23(22)30;/h3-4,6-11,13,17,26H,1,14-16H2,2H3;/q-1;. The van der Waals surface area contributed by atoms with Crippen LogP contribution >= 0.6 is 23.2 Å². The van der Waals surface area contributed by atoms with Crippen molar-refractivity contribution in [3.63, 3.8) is 0 Å². The average molecular weight is 551 g/mol. The van der Waals surface area contributed by atoms with Gasteiger partial charge in [-0.25, -0.2) is 0 Å². The summed E-state index contributed by atoms with van der Waals surface area (Å²) in [4.78, 5) is 4.24. The first-order valence-corrected chi connectivity index (χ1v) is 12.4. The molecule has 181 valence electrons. The van der Waals surface area contributed by atoms with Crippen LogP contribution in [0.15, 0.2) is 67.4 Å². The van der Waals surface area contributed by atoms with Crippen LogP contribution in [0.25, 0.3) is 16.8 Å². The molecule has 0 saturated heterocycles. The third-order valence-corrected chi connectivity index (χ3v) is 7.19. The first kappa shape index (κ1) is 24.2. The Balaban J connectivity index is 1.79. The topological polar surface area (TPSA) is 24.3 Å².